The summed E-state index contributed by atoms with van der Waals surface area (Å²) in [5, 5.41) is 1.37. The Morgan fingerprint density at radius 2 is 2.08 bits per heavy atom. The zero-order valence-electron chi connectivity index (χ0n) is 14.7. The zero-order chi connectivity index (χ0) is 17.1. The summed E-state index contributed by atoms with van der Waals surface area (Å²) in [5.41, 5.74) is 7.02. The highest BCUT2D eigenvalue weighted by Crippen LogP contribution is 2.50. The van der Waals surface area contributed by atoms with Crippen LogP contribution in [0.15, 0.2) is 36.5 Å². The van der Waals surface area contributed by atoms with Gasteiger partial charge in [0.2, 0.25) is 0 Å². The lowest BCUT2D eigenvalue weighted by Crippen LogP contribution is -2.40. The Hall–Kier alpha value is -2.20. The van der Waals surface area contributed by atoms with Crippen LogP contribution in [-0.4, -0.2) is 28.0 Å². The van der Waals surface area contributed by atoms with Gasteiger partial charge >= 0.3 is 0 Å². The maximum atomic E-state index is 12.9. The van der Waals surface area contributed by atoms with Crippen LogP contribution in [0.3, 0.4) is 0 Å². The molecule has 3 aromatic rings. The predicted octanol–water partition coefficient (Wildman–Crippen LogP) is 4.67. The summed E-state index contributed by atoms with van der Waals surface area (Å²) in [6, 6.07) is 11.0. The monoisotopic (exact) mass is 335 g/mol. The van der Waals surface area contributed by atoms with Crippen LogP contribution in [0.1, 0.15) is 47.3 Å². The van der Waals surface area contributed by atoms with Crippen molar-refractivity contribution in [3.8, 4) is 5.69 Å². The predicted molar refractivity (Wildman–Crippen MR) is 98.0 cm³/mol. The van der Waals surface area contributed by atoms with Crippen molar-refractivity contribution in [2.75, 3.05) is 13.6 Å². The number of likely N-dealkylation sites (N-methyl/N-ethyl adjacent to an activating group) is 1. The van der Waals surface area contributed by atoms with Gasteiger partial charge in [-0.25, -0.2) is 4.39 Å². The third-order valence-electron chi connectivity index (χ3n) is 5.95. The fourth-order valence-electron chi connectivity index (χ4n) is 4.84. The van der Waals surface area contributed by atoms with Gasteiger partial charge in [0.25, 0.3) is 0 Å². The first-order valence-electron chi connectivity index (χ1n) is 9.03. The molecule has 4 heteroatoms. The molecule has 25 heavy (non-hydrogen) atoms. The number of benzene rings is 1. The normalized spacial score (nSPS) is 22.5. The Morgan fingerprint density at radius 3 is 2.80 bits per heavy atom. The van der Waals surface area contributed by atoms with E-state index in [0.29, 0.717) is 17.7 Å². The van der Waals surface area contributed by atoms with E-state index >= 15 is 0 Å². The lowest BCUT2D eigenvalue weighted by atomic mass is 9.78. The second-order valence-corrected chi connectivity index (χ2v) is 7.53. The summed E-state index contributed by atoms with van der Waals surface area (Å²) >= 11 is 0. The molecule has 0 spiro atoms. The highest BCUT2D eigenvalue weighted by molar-refractivity contribution is 5.89. The van der Waals surface area contributed by atoms with Crippen LogP contribution in [0.25, 0.3) is 16.6 Å². The summed E-state index contributed by atoms with van der Waals surface area (Å²) in [4.78, 5) is 6.80. The lowest BCUT2D eigenvalue weighted by molar-refractivity contribution is 0.144. The maximum absolute atomic E-state index is 12.9. The van der Waals surface area contributed by atoms with Crippen molar-refractivity contribution in [2.24, 2.45) is 0 Å². The van der Waals surface area contributed by atoms with Crippen LogP contribution in [0.4, 0.5) is 4.39 Å². The molecule has 1 aromatic carbocycles. The summed E-state index contributed by atoms with van der Waals surface area (Å²) in [5.74, 6) is 0.554. The molecule has 0 saturated carbocycles. The van der Waals surface area contributed by atoms with Crippen LogP contribution < -0.4 is 0 Å². The van der Waals surface area contributed by atoms with Crippen molar-refractivity contribution in [3.05, 3.63) is 59.0 Å². The number of halogens is 1. The number of aromatic nitrogens is 2. The van der Waals surface area contributed by atoms with Crippen LogP contribution >= 0.6 is 0 Å². The fourth-order valence-corrected chi connectivity index (χ4v) is 4.84. The zero-order valence-corrected chi connectivity index (χ0v) is 14.7. The van der Waals surface area contributed by atoms with E-state index in [1.54, 1.807) is 6.07 Å². The molecule has 0 N–H and O–H groups in total. The van der Waals surface area contributed by atoms with Crippen molar-refractivity contribution in [1.29, 1.82) is 0 Å². The average Bonchev–Trinajstić information content (AvgIpc) is 2.98. The number of alkyl halides is 1. The standard InChI is InChI=1S/C21H22FN3/c1-13-3-7-18-17(9-13)20-19-8-4-14(12-24(19)2)21(20)25(18)16-6-5-15(10-22)23-11-16/h3,5-7,9,11,14,19H,4,8,10,12H2,1-2H3. The van der Waals surface area contributed by atoms with E-state index in [-0.39, 0.29) is 0 Å². The summed E-state index contributed by atoms with van der Waals surface area (Å²) in [7, 11) is 2.25. The van der Waals surface area contributed by atoms with Crippen molar-refractivity contribution >= 4 is 10.9 Å². The molecule has 128 valence electrons. The van der Waals surface area contributed by atoms with Crippen molar-refractivity contribution in [1.82, 2.24) is 14.5 Å². The van der Waals surface area contributed by atoms with E-state index in [2.05, 4.69) is 46.6 Å². The van der Waals surface area contributed by atoms with Crippen LogP contribution in [0.2, 0.25) is 0 Å². The summed E-state index contributed by atoms with van der Waals surface area (Å²) in [6.45, 7) is 2.76. The smallest absolute Gasteiger partial charge is 0.131 e. The minimum Gasteiger partial charge on any atom is -0.311 e. The first kappa shape index (κ1) is 15.1. The molecule has 1 aliphatic carbocycles. The molecule has 2 unspecified atom stereocenters. The van der Waals surface area contributed by atoms with E-state index in [1.165, 1.54) is 40.6 Å². The molecular formula is C21H22FN3. The number of fused-ring (bicyclic) bond motifs is 3. The molecule has 0 amide bonds. The fraction of sp³-hybridized carbons (Fsp3) is 0.381. The molecule has 2 atom stereocenters. The second kappa shape index (κ2) is 5.40. The van der Waals surface area contributed by atoms with Gasteiger partial charge in [0.05, 0.1) is 23.1 Å². The molecule has 2 bridgehead atoms. The second-order valence-electron chi connectivity index (χ2n) is 7.53. The van der Waals surface area contributed by atoms with Crippen LogP contribution in [0.5, 0.6) is 0 Å². The number of hydrogen-bond donors (Lipinski definition) is 0. The quantitative estimate of drug-likeness (QED) is 0.679. The topological polar surface area (TPSA) is 21.1 Å². The van der Waals surface area contributed by atoms with Gasteiger partial charge in [0.15, 0.2) is 0 Å². The number of aryl methyl sites for hydroxylation is 1. The van der Waals surface area contributed by atoms with Gasteiger partial charge < -0.3 is 4.57 Å². The highest BCUT2D eigenvalue weighted by atomic mass is 19.1. The van der Waals surface area contributed by atoms with Crippen molar-refractivity contribution < 1.29 is 4.39 Å². The van der Waals surface area contributed by atoms with Crippen molar-refractivity contribution in [2.45, 2.75) is 38.4 Å². The third-order valence-corrected chi connectivity index (χ3v) is 5.95. The number of rotatable bonds is 2. The number of piperidine rings is 1. The SMILES string of the molecule is Cc1ccc2c(c1)c1c(n2-c2ccc(CF)nc2)C2CCC1N(C)C2. The molecule has 1 fully saturated rings. The van der Waals surface area contributed by atoms with Gasteiger partial charge in [-0.3, -0.25) is 9.88 Å². The number of pyridine rings is 1. The molecule has 3 aliphatic rings. The summed E-state index contributed by atoms with van der Waals surface area (Å²) in [6.07, 6.45) is 4.30. The first-order chi connectivity index (χ1) is 12.2. The van der Waals surface area contributed by atoms with Gasteiger partial charge in [-0.05, 0) is 56.6 Å². The van der Waals surface area contributed by atoms with E-state index in [4.69, 9.17) is 0 Å². The van der Waals surface area contributed by atoms with Gasteiger partial charge in [-0.1, -0.05) is 11.6 Å². The molecule has 2 aliphatic heterocycles. The Balaban J connectivity index is 1.83. The molecule has 1 saturated heterocycles. The van der Waals surface area contributed by atoms with Gasteiger partial charge in [-0.2, -0.15) is 0 Å². The molecule has 0 radical (unpaired) electrons. The average molecular weight is 335 g/mol. The summed E-state index contributed by atoms with van der Waals surface area (Å²) < 4.78 is 15.2. The molecule has 4 heterocycles. The molecule has 3 nitrogen and oxygen atoms in total. The Bertz CT molecular complexity index is 957. The maximum Gasteiger partial charge on any atom is 0.131 e. The van der Waals surface area contributed by atoms with E-state index < -0.39 is 6.67 Å². The molecule has 2 aromatic heterocycles. The van der Waals surface area contributed by atoms with E-state index in [1.807, 2.05) is 12.3 Å². The van der Waals surface area contributed by atoms with Crippen LogP contribution in [-0.2, 0) is 6.67 Å². The number of hydrogen-bond acceptors (Lipinski definition) is 2. The molecular weight excluding hydrogens is 313 g/mol. The minimum absolute atomic E-state index is 0.492. The number of nitrogens with zero attached hydrogens (tertiary/aromatic N) is 3. The lowest BCUT2D eigenvalue weighted by Gasteiger charge is -2.44. The van der Waals surface area contributed by atoms with E-state index in [0.717, 1.165) is 12.2 Å². The molecule has 6 rings (SSSR count). The van der Waals surface area contributed by atoms with Gasteiger partial charge in [0.1, 0.15) is 6.67 Å². The Labute approximate surface area is 147 Å². The third kappa shape index (κ3) is 2.10. The van der Waals surface area contributed by atoms with E-state index in [9.17, 15) is 4.39 Å². The Morgan fingerprint density at radius 1 is 1.20 bits per heavy atom. The minimum atomic E-state index is -0.514. The first-order valence-corrected chi connectivity index (χ1v) is 9.03. The largest absolute Gasteiger partial charge is 0.311 e. The van der Waals surface area contributed by atoms with Gasteiger partial charge in [0, 0.05) is 29.6 Å². The van der Waals surface area contributed by atoms with Gasteiger partial charge in [-0.15, -0.1) is 0 Å². The highest BCUT2D eigenvalue weighted by Gasteiger charge is 2.41. The van der Waals surface area contributed by atoms with Crippen molar-refractivity contribution in [3.63, 3.8) is 0 Å². The Kier molecular flexibility index (Phi) is 3.26. The van der Waals surface area contributed by atoms with Crippen LogP contribution in [0, 0.1) is 6.92 Å².